The van der Waals surface area contributed by atoms with E-state index in [4.69, 9.17) is 37.6 Å². The van der Waals surface area contributed by atoms with Crippen LogP contribution in [0, 0.1) is 23.7 Å². The molecule has 3 aliphatic rings. The number of cyclic esters (lactones) is 1. The quantitative estimate of drug-likeness (QED) is 0.179. The molecule has 2 aromatic rings. The van der Waals surface area contributed by atoms with Crippen LogP contribution in [0.2, 0.25) is 0 Å². The molecule has 3 fully saturated rings. The van der Waals surface area contributed by atoms with Crippen molar-refractivity contribution < 1.29 is 72.4 Å². The summed E-state index contributed by atoms with van der Waals surface area (Å²) in [6.45, 7) is 15.0. The van der Waals surface area contributed by atoms with Gasteiger partial charge in [-0.15, -0.1) is 0 Å². The highest BCUT2D eigenvalue weighted by Crippen LogP contribution is 2.42. The number of ether oxygens (including phenoxy) is 7. The molecule has 18 atom stereocenters. The fourth-order valence-corrected chi connectivity index (χ4v) is 10.4. The predicted octanol–water partition coefficient (Wildman–Crippen LogP) is 4.04. The van der Waals surface area contributed by atoms with Gasteiger partial charge in [-0.1, -0.05) is 45.0 Å². The van der Waals surface area contributed by atoms with Gasteiger partial charge in [0.25, 0.3) is 0 Å². The molecule has 3 saturated heterocycles. The number of methoxy groups -OCH3 is 2. The molecular weight excluding hydrogens is 869 g/mol. The number of carbonyl (C=O) groups excluding carboxylic acids is 3. The molecule has 0 saturated carbocycles. The predicted molar refractivity (Wildman–Crippen MR) is 246 cm³/mol. The molecule has 0 bridgehead atoms. The summed E-state index contributed by atoms with van der Waals surface area (Å²) in [7, 11) is 6.70. The van der Waals surface area contributed by atoms with E-state index in [1.165, 1.54) is 28.1 Å². The first-order valence-corrected chi connectivity index (χ1v) is 23.7. The Morgan fingerprint density at radius 2 is 1.54 bits per heavy atom. The normalized spacial score (nSPS) is 40.5. The molecule has 17 heteroatoms. The van der Waals surface area contributed by atoms with Crippen LogP contribution in [0.5, 0.6) is 0 Å². The Morgan fingerprint density at radius 1 is 0.866 bits per heavy atom. The van der Waals surface area contributed by atoms with E-state index in [-0.39, 0.29) is 50.3 Å². The molecular formula is C50H78N2O15. The van der Waals surface area contributed by atoms with Crippen molar-refractivity contribution in [2.24, 2.45) is 23.7 Å². The van der Waals surface area contributed by atoms with Crippen LogP contribution in [-0.2, 0) is 54.0 Å². The summed E-state index contributed by atoms with van der Waals surface area (Å²) >= 11 is 0. The Labute approximate surface area is 396 Å². The van der Waals surface area contributed by atoms with Crippen LogP contribution in [0.25, 0.3) is 11.3 Å². The number of likely N-dealkylation sites (N-methyl/N-ethyl adjacent to an activating group) is 1. The second-order valence-electron chi connectivity index (χ2n) is 20.2. The minimum Gasteiger partial charge on any atom is -0.464 e. The van der Waals surface area contributed by atoms with Crippen molar-refractivity contribution in [2.75, 3.05) is 34.9 Å². The van der Waals surface area contributed by atoms with Gasteiger partial charge in [-0.05, 0) is 86.2 Å². The number of hydrogen-bond donors (Lipinski definition) is 5. The number of rotatable bonds is 13. The van der Waals surface area contributed by atoms with Gasteiger partial charge < -0.3 is 68.2 Å². The Hall–Kier alpha value is -3.33. The molecule has 4 heterocycles. The number of aliphatic hydroxyl groups is 4. The maximum atomic E-state index is 14.8. The summed E-state index contributed by atoms with van der Waals surface area (Å²) in [6.07, 6.45) is -8.65. The third kappa shape index (κ3) is 12.3. The van der Waals surface area contributed by atoms with Crippen molar-refractivity contribution in [3.63, 3.8) is 0 Å². The number of nitrogens with zero attached hydrogens (tertiary/aromatic N) is 1. The Balaban J connectivity index is 1.53. The molecule has 5 rings (SSSR count). The lowest BCUT2D eigenvalue weighted by molar-refractivity contribution is -0.319. The van der Waals surface area contributed by atoms with Crippen LogP contribution in [0.1, 0.15) is 93.6 Å². The maximum absolute atomic E-state index is 14.8. The van der Waals surface area contributed by atoms with Crippen molar-refractivity contribution in [1.82, 2.24) is 10.2 Å². The van der Waals surface area contributed by atoms with Crippen molar-refractivity contribution in [3.8, 4) is 11.3 Å². The van der Waals surface area contributed by atoms with Crippen LogP contribution in [-0.4, -0.2) is 162 Å². The van der Waals surface area contributed by atoms with E-state index < -0.39 is 108 Å². The summed E-state index contributed by atoms with van der Waals surface area (Å²) in [5.41, 5.74) is -3.15. The first kappa shape index (κ1) is 54.6. The number of esters is 1. The van der Waals surface area contributed by atoms with Gasteiger partial charge >= 0.3 is 5.97 Å². The lowest BCUT2D eigenvalue weighted by Crippen LogP contribution is -2.61. The van der Waals surface area contributed by atoms with E-state index in [1.807, 2.05) is 57.1 Å². The first-order valence-electron chi connectivity index (χ1n) is 23.7. The average Bonchev–Trinajstić information content (AvgIpc) is 3.83. The monoisotopic (exact) mass is 947 g/mol. The number of nitrogens with one attached hydrogen (secondary N) is 1. The summed E-state index contributed by atoms with van der Waals surface area (Å²) in [5, 5.41) is 49.9. The average molecular weight is 947 g/mol. The van der Waals surface area contributed by atoms with E-state index in [0.29, 0.717) is 12.2 Å². The van der Waals surface area contributed by atoms with Gasteiger partial charge in [0, 0.05) is 63.0 Å². The summed E-state index contributed by atoms with van der Waals surface area (Å²) in [6, 6.07) is 10.6. The van der Waals surface area contributed by atoms with Crippen LogP contribution in [0.4, 0.5) is 0 Å². The molecule has 0 spiro atoms. The standard InChI is InChI=1S/C50H78N2O15/c1-27-25-49(8,61-13)45(67-47-41(55)35(52(10)11)23-28(2)63-47)30(4)42(66-39-26-48(7,60-12)44(57)32(6)64-39)31(5)46(58)65-37(50(9,59)43(56)29(3)40(27)54)20-21-51-38(53)24-33-17-14-15-18-34(33)36-19-16-22-62-36/h14-19,22,27-32,35,37,39,41-45,47,55-57,59H,20-21,23-26H2,1-13H3,(H,51,53)/t27-,28?,29+,30+,31-,32?,35?,37-,39?,41?,42+,43-,44?,45-,47?,48?,49-,50-/m1/s1. The summed E-state index contributed by atoms with van der Waals surface area (Å²) in [5.74, 6) is -4.87. The van der Waals surface area contributed by atoms with Gasteiger partial charge in [-0.3, -0.25) is 14.4 Å². The largest absolute Gasteiger partial charge is 0.464 e. The Kier molecular flexibility index (Phi) is 18.4. The van der Waals surface area contributed by atoms with Crippen LogP contribution >= 0.6 is 0 Å². The summed E-state index contributed by atoms with van der Waals surface area (Å²) < 4.78 is 50.2. The van der Waals surface area contributed by atoms with Gasteiger partial charge in [0.2, 0.25) is 5.91 Å². The number of aliphatic hydroxyl groups excluding tert-OH is 3. The van der Waals surface area contributed by atoms with E-state index in [0.717, 1.165) is 11.1 Å². The molecule has 17 nitrogen and oxygen atoms in total. The minimum absolute atomic E-state index is 0.0000187. The van der Waals surface area contributed by atoms with E-state index in [1.54, 1.807) is 53.0 Å². The van der Waals surface area contributed by atoms with Crippen molar-refractivity contribution in [2.45, 2.75) is 179 Å². The second-order valence-corrected chi connectivity index (χ2v) is 20.2. The molecule has 378 valence electrons. The number of ketones is 1. The van der Waals surface area contributed by atoms with Crippen molar-refractivity contribution in [1.29, 1.82) is 0 Å². The fraction of sp³-hybridized carbons (Fsp3) is 0.740. The number of benzene rings is 1. The first-order chi connectivity index (χ1) is 31.4. The highest BCUT2D eigenvalue weighted by molar-refractivity contribution is 5.84. The third-order valence-electron chi connectivity index (χ3n) is 14.8. The van der Waals surface area contributed by atoms with Crippen molar-refractivity contribution >= 4 is 17.7 Å². The van der Waals surface area contributed by atoms with Gasteiger partial charge in [0.1, 0.15) is 35.5 Å². The smallest absolute Gasteiger partial charge is 0.311 e. The van der Waals surface area contributed by atoms with Crippen LogP contribution in [0.15, 0.2) is 47.1 Å². The molecule has 1 aromatic heterocycles. The highest BCUT2D eigenvalue weighted by atomic mass is 16.7. The molecule has 8 unspecified atom stereocenters. The number of carbonyl (C=O) groups is 3. The SMILES string of the molecule is COC1(C)CC(O[C@H]2[C@H](C)[C@@H](OC3OC(C)CC(N(C)C)C3O)[C@](C)(OC)C[C@@H](C)C(=O)[C@H](C)[C@@H](O)[C@](C)(O)[C@@H](CCNC(=O)Cc3ccccc3-c3ccco3)OC(=O)[C@@H]2C)OC(C)C1O. The number of Topliss-reactive ketones (excluding diaryl/α,β-unsaturated/α-hetero) is 1. The van der Waals surface area contributed by atoms with Gasteiger partial charge in [0.15, 0.2) is 12.6 Å². The fourth-order valence-electron chi connectivity index (χ4n) is 10.4. The van der Waals surface area contributed by atoms with Crippen molar-refractivity contribution in [3.05, 3.63) is 48.2 Å². The maximum Gasteiger partial charge on any atom is 0.311 e. The van der Waals surface area contributed by atoms with Gasteiger partial charge in [0.05, 0.1) is 60.3 Å². The second kappa shape index (κ2) is 22.6. The summed E-state index contributed by atoms with van der Waals surface area (Å²) in [4.78, 5) is 44.6. The van der Waals surface area contributed by atoms with Crippen LogP contribution in [0.3, 0.4) is 0 Å². The molecule has 3 aliphatic heterocycles. The number of amides is 1. The molecule has 5 N–H and O–H groups in total. The zero-order valence-electron chi connectivity index (χ0n) is 41.7. The molecule has 0 radical (unpaired) electrons. The van der Waals surface area contributed by atoms with Crippen LogP contribution < -0.4 is 5.32 Å². The molecule has 1 amide bonds. The molecule has 67 heavy (non-hydrogen) atoms. The van der Waals surface area contributed by atoms with E-state index in [2.05, 4.69) is 5.32 Å². The lowest BCUT2D eigenvalue weighted by Gasteiger charge is -2.50. The zero-order valence-corrected chi connectivity index (χ0v) is 41.7. The molecule has 0 aliphatic carbocycles. The lowest BCUT2D eigenvalue weighted by atomic mass is 9.73. The Morgan fingerprint density at radius 3 is 2.16 bits per heavy atom. The number of furan rings is 1. The van der Waals surface area contributed by atoms with E-state index >= 15 is 0 Å². The number of hydrogen-bond acceptors (Lipinski definition) is 16. The van der Waals surface area contributed by atoms with Gasteiger partial charge in [-0.25, -0.2) is 0 Å². The molecule has 1 aromatic carbocycles. The third-order valence-corrected chi connectivity index (χ3v) is 14.8. The van der Waals surface area contributed by atoms with E-state index in [9.17, 15) is 34.8 Å². The Bertz CT molecular complexity index is 1930. The minimum atomic E-state index is -2.20. The topological polar surface area (TPSA) is 225 Å². The van der Waals surface area contributed by atoms with Gasteiger partial charge in [-0.2, -0.15) is 0 Å². The zero-order chi connectivity index (χ0) is 49.8. The highest BCUT2D eigenvalue weighted by Gasteiger charge is 2.54.